The van der Waals surface area contributed by atoms with Gasteiger partial charge in [0, 0.05) is 6.54 Å². The Hall–Kier alpha value is -2.17. The Labute approximate surface area is 156 Å². The minimum absolute atomic E-state index is 0.0226. The second kappa shape index (κ2) is 9.51. The first kappa shape index (κ1) is 18.6. The number of hydrogen-bond acceptors (Lipinski definition) is 3. The molecule has 26 heavy (non-hydrogen) atoms. The van der Waals surface area contributed by atoms with Crippen LogP contribution in [0.1, 0.15) is 36.0 Å². The summed E-state index contributed by atoms with van der Waals surface area (Å²) in [5.74, 6) is 0.141. The molecule has 1 aliphatic rings. The van der Waals surface area contributed by atoms with Crippen LogP contribution in [-0.4, -0.2) is 30.4 Å². The summed E-state index contributed by atoms with van der Waals surface area (Å²) < 4.78 is 5.76. The van der Waals surface area contributed by atoms with Crippen LogP contribution in [0.5, 0.6) is 0 Å². The molecule has 2 aromatic carbocycles. The number of nitrogens with one attached hydrogen (secondary N) is 1. The zero-order valence-corrected chi connectivity index (χ0v) is 15.5. The smallest absolute Gasteiger partial charge is 0.237 e. The Morgan fingerprint density at radius 3 is 2.35 bits per heavy atom. The molecule has 2 aromatic rings. The third-order valence-corrected chi connectivity index (χ3v) is 4.94. The summed E-state index contributed by atoms with van der Waals surface area (Å²) in [6.45, 7) is 2.80. The number of carbonyl (C=O) groups excluding carboxylic acids is 1. The van der Waals surface area contributed by atoms with E-state index in [4.69, 9.17) is 4.74 Å². The van der Waals surface area contributed by atoms with Crippen molar-refractivity contribution in [1.82, 2.24) is 10.2 Å². The van der Waals surface area contributed by atoms with Crippen LogP contribution in [0.15, 0.2) is 54.6 Å². The zero-order chi connectivity index (χ0) is 18.2. The normalized spacial score (nSPS) is 17.8. The van der Waals surface area contributed by atoms with Crippen molar-refractivity contribution in [3.63, 3.8) is 0 Å². The summed E-state index contributed by atoms with van der Waals surface area (Å²) >= 11 is 0. The fourth-order valence-corrected chi connectivity index (χ4v) is 3.33. The predicted octanol–water partition coefficient (Wildman–Crippen LogP) is 3.50. The summed E-state index contributed by atoms with van der Waals surface area (Å²) in [7, 11) is 2.04. The highest BCUT2D eigenvalue weighted by molar-refractivity contribution is 5.81. The van der Waals surface area contributed by atoms with Gasteiger partial charge in [-0.2, -0.15) is 0 Å². The van der Waals surface area contributed by atoms with Gasteiger partial charge in [-0.15, -0.1) is 0 Å². The average molecular weight is 352 g/mol. The van der Waals surface area contributed by atoms with Crippen LogP contribution < -0.4 is 5.32 Å². The van der Waals surface area contributed by atoms with Gasteiger partial charge in [0.2, 0.25) is 5.91 Å². The van der Waals surface area contributed by atoms with E-state index in [0.29, 0.717) is 19.8 Å². The first-order valence-electron chi connectivity index (χ1n) is 9.40. The molecule has 1 amide bonds. The molecule has 0 spiro atoms. The van der Waals surface area contributed by atoms with Crippen LogP contribution in [-0.2, 0) is 29.3 Å². The van der Waals surface area contributed by atoms with Crippen molar-refractivity contribution in [1.29, 1.82) is 0 Å². The summed E-state index contributed by atoms with van der Waals surface area (Å²) in [6.07, 6.45) is 3.29. The molecular formula is C22H28N2O2. The van der Waals surface area contributed by atoms with Crippen LogP contribution in [0.2, 0.25) is 0 Å². The summed E-state index contributed by atoms with van der Waals surface area (Å²) in [6, 6.07) is 18.5. The molecule has 1 heterocycles. The molecule has 4 heteroatoms. The standard InChI is InChI=1S/C22H28N2O2/c1-24-14-6-5-9-21(24)22(25)23-15-18-10-12-20(13-11-18)17-26-16-19-7-3-2-4-8-19/h2-4,7-8,10-13,21H,5-6,9,14-17H2,1H3,(H,23,25). The lowest BCUT2D eigenvalue weighted by Crippen LogP contribution is -2.47. The van der Waals surface area contributed by atoms with Gasteiger partial charge in [-0.3, -0.25) is 9.69 Å². The van der Waals surface area contributed by atoms with Gasteiger partial charge in [0.25, 0.3) is 0 Å². The number of likely N-dealkylation sites (N-methyl/N-ethyl adjacent to an activating group) is 1. The number of rotatable bonds is 7. The topological polar surface area (TPSA) is 41.6 Å². The molecule has 0 radical (unpaired) electrons. The van der Waals surface area contributed by atoms with Crippen molar-refractivity contribution in [2.24, 2.45) is 0 Å². The summed E-state index contributed by atoms with van der Waals surface area (Å²) in [5.41, 5.74) is 3.44. The van der Waals surface area contributed by atoms with Gasteiger partial charge in [0.05, 0.1) is 19.3 Å². The quantitative estimate of drug-likeness (QED) is 0.829. The van der Waals surface area contributed by atoms with Crippen LogP contribution in [0, 0.1) is 0 Å². The molecule has 1 atom stereocenters. The highest BCUT2D eigenvalue weighted by Gasteiger charge is 2.25. The van der Waals surface area contributed by atoms with E-state index in [9.17, 15) is 4.79 Å². The van der Waals surface area contributed by atoms with E-state index in [2.05, 4.69) is 46.6 Å². The Bertz CT molecular complexity index is 685. The number of nitrogens with zero attached hydrogens (tertiary/aromatic N) is 1. The SMILES string of the molecule is CN1CCCCC1C(=O)NCc1ccc(COCc2ccccc2)cc1. The van der Waals surface area contributed by atoms with Gasteiger partial charge >= 0.3 is 0 Å². The van der Waals surface area contributed by atoms with Crippen molar-refractivity contribution in [3.05, 3.63) is 71.3 Å². The second-order valence-electron chi connectivity index (χ2n) is 7.00. The van der Waals surface area contributed by atoms with Crippen LogP contribution in [0.25, 0.3) is 0 Å². The molecule has 1 saturated heterocycles. The molecule has 1 fully saturated rings. The number of hydrogen-bond donors (Lipinski definition) is 1. The molecular weight excluding hydrogens is 324 g/mol. The highest BCUT2D eigenvalue weighted by atomic mass is 16.5. The molecule has 0 bridgehead atoms. The molecule has 0 saturated carbocycles. The third-order valence-electron chi connectivity index (χ3n) is 4.94. The van der Waals surface area contributed by atoms with Gasteiger partial charge in [0.15, 0.2) is 0 Å². The number of carbonyl (C=O) groups is 1. The van der Waals surface area contributed by atoms with Crippen molar-refractivity contribution >= 4 is 5.91 Å². The van der Waals surface area contributed by atoms with E-state index >= 15 is 0 Å². The number of ether oxygens (including phenoxy) is 1. The maximum absolute atomic E-state index is 12.4. The van der Waals surface area contributed by atoms with Gasteiger partial charge in [0.1, 0.15) is 0 Å². The maximum atomic E-state index is 12.4. The fraction of sp³-hybridized carbons (Fsp3) is 0.409. The molecule has 1 unspecified atom stereocenters. The highest BCUT2D eigenvalue weighted by Crippen LogP contribution is 2.15. The van der Waals surface area contributed by atoms with Crippen LogP contribution >= 0.6 is 0 Å². The molecule has 138 valence electrons. The lowest BCUT2D eigenvalue weighted by atomic mass is 10.0. The number of amides is 1. The van der Waals surface area contributed by atoms with Crippen molar-refractivity contribution in [3.8, 4) is 0 Å². The van der Waals surface area contributed by atoms with Crippen LogP contribution in [0.3, 0.4) is 0 Å². The van der Waals surface area contributed by atoms with E-state index in [-0.39, 0.29) is 11.9 Å². The van der Waals surface area contributed by atoms with Crippen LogP contribution in [0.4, 0.5) is 0 Å². The van der Waals surface area contributed by atoms with E-state index in [0.717, 1.165) is 30.5 Å². The molecule has 3 rings (SSSR count). The largest absolute Gasteiger partial charge is 0.372 e. The zero-order valence-electron chi connectivity index (χ0n) is 15.5. The lowest BCUT2D eigenvalue weighted by Gasteiger charge is -2.31. The van der Waals surface area contributed by atoms with Crippen molar-refractivity contribution in [2.45, 2.75) is 45.1 Å². The predicted molar refractivity (Wildman–Crippen MR) is 103 cm³/mol. The fourth-order valence-electron chi connectivity index (χ4n) is 3.33. The van der Waals surface area contributed by atoms with Crippen molar-refractivity contribution in [2.75, 3.05) is 13.6 Å². The Kier molecular flexibility index (Phi) is 6.81. The molecule has 1 N–H and O–H groups in total. The Morgan fingerprint density at radius 1 is 1.00 bits per heavy atom. The molecule has 0 aromatic heterocycles. The minimum Gasteiger partial charge on any atom is -0.372 e. The molecule has 1 aliphatic heterocycles. The van der Waals surface area contributed by atoms with Gasteiger partial charge in [-0.25, -0.2) is 0 Å². The minimum atomic E-state index is 0.0226. The first-order valence-corrected chi connectivity index (χ1v) is 9.40. The Morgan fingerprint density at radius 2 is 1.65 bits per heavy atom. The van der Waals surface area contributed by atoms with Gasteiger partial charge in [-0.1, -0.05) is 61.0 Å². The second-order valence-corrected chi connectivity index (χ2v) is 7.00. The van der Waals surface area contributed by atoms with E-state index in [1.54, 1.807) is 0 Å². The van der Waals surface area contributed by atoms with E-state index in [1.807, 2.05) is 25.2 Å². The average Bonchev–Trinajstić information content (AvgIpc) is 2.68. The summed E-state index contributed by atoms with van der Waals surface area (Å²) in [4.78, 5) is 14.5. The number of piperidine rings is 1. The first-order chi connectivity index (χ1) is 12.7. The molecule has 0 aliphatic carbocycles. The number of likely N-dealkylation sites (tertiary alicyclic amines) is 1. The van der Waals surface area contributed by atoms with E-state index in [1.165, 1.54) is 12.0 Å². The maximum Gasteiger partial charge on any atom is 0.237 e. The Balaban J connectivity index is 1.42. The van der Waals surface area contributed by atoms with Gasteiger partial charge in [-0.05, 0) is 43.1 Å². The summed E-state index contributed by atoms with van der Waals surface area (Å²) in [5, 5.41) is 3.07. The van der Waals surface area contributed by atoms with Crippen molar-refractivity contribution < 1.29 is 9.53 Å². The molecule has 4 nitrogen and oxygen atoms in total. The lowest BCUT2D eigenvalue weighted by molar-refractivity contribution is -0.127. The third kappa shape index (κ3) is 5.41. The van der Waals surface area contributed by atoms with E-state index < -0.39 is 0 Å². The number of benzene rings is 2. The monoisotopic (exact) mass is 352 g/mol. The van der Waals surface area contributed by atoms with Gasteiger partial charge < -0.3 is 10.1 Å².